The highest BCUT2D eigenvalue weighted by Crippen LogP contribution is 2.41. The Morgan fingerprint density at radius 3 is 2.96 bits per heavy atom. The summed E-state index contributed by atoms with van der Waals surface area (Å²) in [6.45, 7) is -0.911. The minimum Gasteiger partial charge on any atom is -0.490 e. The number of hydrogen-bond acceptors (Lipinski definition) is 6. The average molecular weight is 376 g/mol. The Morgan fingerprint density at radius 1 is 1.33 bits per heavy atom. The molecule has 1 aliphatic heterocycles. The van der Waals surface area contributed by atoms with Crippen molar-refractivity contribution in [3.05, 3.63) is 41.4 Å². The second kappa shape index (κ2) is 6.98. The number of carbonyl (C=O) groups is 1. The summed E-state index contributed by atoms with van der Waals surface area (Å²) in [5.41, 5.74) is 2.16. The van der Waals surface area contributed by atoms with Gasteiger partial charge in [0.1, 0.15) is 12.4 Å². The number of alkyl halides is 2. The molecule has 2 aliphatic rings. The van der Waals surface area contributed by atoms with Crippen LogP contribution >= 0.6 is 0 Å². The van der Waals surface area contributed by atoms with Crippen LogP contribution in [-0.4, -0.2) is 33.8 Å². The van der Waals surface area contributed by atoms with Gasteiger partial charge in [0.2, 0.25) is 5.95 Å². The largest absolute Gasteiger partial charge is 0.490 e. The second-order valence-electron chi connectivity index (χ2n) is 6.24. The Balaban J connectivity index is 1.82. The summed E-state index contributed by atoms with van der Waals surface area (Å²) in [6, 6.07) is 4.20. The summed E-state index contributed by atoms with van der Waals surface area (Å²) in [4.78, 5) is 16.9. The van der Waals surface area contributed by atoms with E-state index >= 15 is 0 Å². The first-order chi connectivity index (χ1) is 13.1. The molecule has 2 aromatic rings. The van der Waals surface area contributed by atoms with Gasteiger partial charge >= 0.3 is 6.61 Å². The summed E-state index contributed by atoms with van der Waals surface area (Å²) in [6.07, 6.45) is 3.40. The summed E-state index contributed by atoms with van der Waals surface area (Å²) >= 11 is 0. The van der Waals surface area contributed by atoms with Crippen LogP contribution in [0.2, 0.25) is 0 Å². The number of halogens is 2. The molecule has 7 nitrogen and oxygen atoms in total. The van der Waals surface area contributed by atoms with Crippen molar-refractivity contribution in [3.8, 4) is 11.5 Å². The van der Waals surface area contributed by atoms with Crippen LogP contribution in [0.4, 0.5) is 14.7 Å². The number of nitrogens with zero attached hydrogens (tertiary/aromatic N) is 3. The standard InChI is InChI=1S/C18H18F2N4O3/c1-2-26-14-8-10(6-7-13(14)27-17(19)20)16-15-11(4-3-5-12(15)25)23-18-21-9-22-24(16)18/h6-9,16-17H,2-5H2,1H3,(H,21,22,23)/t16-/m1/s1. The Bertz CT molecular complexity index is 910. The number of carbonyl (C=O) groups excluding carboxylic acids is 1. The lowest BCUT2D eigenvalue weighted by Gasteiger charge is -2.32. The van der Waals surface area contributed by atoms with Crippen LogP contribution < -0.4 is 14.8 Å². The lowest BCUT2D eigenvalue weighted by atomic mass is 9.85. The highest BCUT2D eigenvalue weighted by Gasteiger charge is 2.36. The topological polar surface area (TPSA) is 78.3 Å². The van der Waals surface area contributed by atoms with E-state index in [0.29, 0.717) is 23.5 Å². The van der Waals surface area contributed by atoms with Gasteiger partial charge in [0, 0.05) is 17.7 Å². The molecule has 0 saturated carbocycles. The minimum atomic E-state index is -2.95. The second-order valence-corrected chi connectivity index (χ2v) is 6.24. The van der Waals surface area contributed by atoms with Crippen LogP contribution in [0.3, 0.4) is 0 Å². The highest BCUT2D eigenvalue weighted by molar-refractivity contribution is 5.99. The van der Waals surface area contributed by atoms with E-state index in [1.807, 2.05) is 0 Å². The average Bonchev–Trinajstić information content (AvgIpc) is 3.09. The van der Waals surface area contributed by atoms with Crippen LogP contribution in [0.1, 0.15) is 37.8 Å². The van der Waals surface area contributed by atoms with Gasteiger partial charge in [-0.05, 0) is 37.5 Å². The predicted molar refractivity (Wildman–Crippen MR) is 91.9 cm³/mol. The molecule has 0 bridgehead atoms. The molecule has 1 atom stereocenters. The molecule has 2 heterocycles. The van der Waals surface area contributed by atoms with E-state index < -0.39 is 12.7 Å². The zero-order valence-electron chi connectivity index (χ0n) is 14.6. The van der Waals surface area contributed by atoms with Gasteiger partial charge in [0.25, 0.3) is 0 Å². The third-order valence-corrected chi connectivity index (χ3v) is 4.61. The monoisotopic (exact) mass is 376 g/mol. The summed E-state index contributed by atoms with van der Waals surface area (Å²) < 4.78 is 37.0. The molecule has 0 fully saturated rings. The van der Waals surface area contributed by atoms with Gasteiger partial charge in [-0.15, -0.1) is 0 Å². The number of aromatic nitrogens is 3. The van der Waals surface area contributed by atoms with E-state index in [0.717, 1.165) is 18.5 Å². The van der Waals surface area contributed by atoms with Gasteiger partial charge in [-0.1, -0.05) is 6.07 Å². The van der Waals surface area contributed by atoms with E-state index in [1.54, 1.807) is 23.7 Å². The number of benzene rings is 1. The van der Waals surface area contributed by atoms with Gasteiger partial charge in [-0.3, -0.25) is 4.79 Å². The van der Waals surface area contributed by atoms with Crippen molar-refractivity contribution in [2.24, 2.45) is 0 Å². The van der Waals surface area contributed by atoms with Gasteiger partial charge in [0.15, 0.2) is 17.3 Å². The first-order valence-electron chi connectivity index (χ1n) is 8.72. The molecular weight excluding hydrogens is 358 g/mol. The van der Waals surface area contributed by atoms with Crippen LogP contribution in [0.25, 0.3) is 0 Å². The van der Waals surface area contributed by atoms with Gasteiger partial charge in [-0.2, -0.15) is 18.9 Å². The SMILES string of the molecule is CCOc1cc([C@@H]2C3=C(CCCC3=O)Nc3ncnn32)ccc1OC(F)F. The molecule has 1 N–H and O–H groups in total. The van der Waals surface area contributed by atoms with Crippen molar-refractivity contribution in [1.82, 2.24) is 14.8 Å². The number of ketones is 1. The summed E-state index contributed by atoms with van der Waals surface area (Å²) in [5, 5.41) is 7.43. The molecule has 0 spiro atoms. The van der Waals surface area contributed by atoms with Gasteiger partial charge < -0.3 is 14.8 Å². The number of nitrogens with one attached hydrogen (secondary N) is 1. The smallest absolute Gasteiger partial charge is 0.387 e. The fraction of sp³-hybridized carbons (Fsp3) is 0.389. The lowest BCUT2D eigenvalue weighted by Crippen LogP contribution is -2.31. The molecule has 0 saturated heterocycles. The van der Waals surface area contributed by atoms with Crippen LogP contribution in [0, 0.1) is 0 Å². The van der Waals surface area contributed by atoms with E-state index in [1.165, 1.54) is 12.4 Å². The van der Waals surface area contributed by atoms with E-state index in [-0.39, 0.29) is 23.9 Å². The Kier molecular flexibility index (Phi) is 4.51. The van der Waals surface area contributed by atoms with Crippen molar-refractivity contribution < 1.29 is 23.0 Å². The van der Waals surface area contributed by atoms with Crippen molar-refractivity contribution in [1.29, 1.82) is 0 Å². The zero-order valence-corrected chi connectivity index (χ0v) is 14.6. The van der Waals surface area contributed by atoms with Gasteiger partial charge in [0.05, 0.1) is 6.61 Å². The van der Waals surface area contributed by atoms with Gasteiger partial charge in [-0.25, -0.2) is 4.68 Å². The maximum absolute atomic E-state index is 12.7. The first kappa shape index (κ1) is 17.4. The number of rotatable bonds is 5. The zero-order chi connectivity index (χ0) is 19.0. The maximum atomic E-state index is 12.7. The van der Waals surface area contributed by atoms with Crippen molar-refractivity contribution in [2.75, 3.05) is 11.9 Å². The molecule has 1 aromatic carbocycles. The number of anilines is 1. The first-order valence-corrected chi connectivity index (χ1v) is 8.72. The molecule has 27 heavy (non-hydrogen) atoms. The summed E-state index contributed by atoms with van der Waals surface area (Å²) in [7, 11) is 0. The van der Waals surface area contributed by atoms with Crippen molar-refractivity contribution >= 4 is 11.7 Å². The van der Waals surface area contributed by atoms with Crippen molar-refractivity contribution in [3.63, 3.8) is 0 Å². The van der Waals surface area contributed by atoms with Crippen LogP contribution in [0.5, 0.6) is 11.5 Å². The third-order valence-electron chi connectivity index (χ3n) is 4.61. The number of allylic oxidation sites excluding steroid dienone is 2. The Labute approximate surface area is 154 Å². The lowest BCUT2D eigenvalue weighted by molar-refractivity contribution is -0.116. The van der Waals surface area contributed by atoms with Crippen LogP contribution in [-0.2, 0) is 4.79 Å². The fourth-order valence-corrected chi connectivity index (χ4v) is 3.56. The van der Waals surface area contributed by atoms with E-state index in [2.05, 4.69) is 20.1 Å². The maximum Gasteiger partial charge on any atom is 0.387 e. The molecule has 9 heteroatoms. The molecular formula is C18H18F2N4O3. The normalized spacial score (nSPS) is 18.8. The molecule has 1 aliphatic carbocycles. The molecule has 142 valence electrons. The van der Waals surface area contributed by atoms with E-state index in [4.69, 9.17) is 4.74 Å². The summed E-state index contributed by atoms with van der Waals surface area (Å²) in [5.74, 6) is 0.730. The molecule has 1 aromatic heterocycles. The minimum absolute atomic E-state index is 0.0424. The van der Waals surface area contributed by atoms with E-state index in [9.17, 15) is 13.6 Å². The molecule has 4 rings (SSSR count). The fourth-order valence-electron chi connectivity index (χ4n) is 3.56. The third kappa shape index (κ3) is 3.13. The molecule has 0 amide bonds. The Hall–Kier alpha value is -2.97. The number of ether oxygens (including phenoxy) is 2. The number of Topliss-reactive ketones (excluding diaryl/α,β-unsaturated/α-hetero) is 1. The molecule has 0 radical (unpaired) electrons. The molecule has 0 unspecified atom stereocenters. The number of fused-ring (bicyclic) bond motifs is 1. The van der Waals surface area contributed by atoms with Crippen molar-refractivity contribution in [2.45, 2.75) is 38.8 Å². The van der Waals surface area contributed by atoms with Crippen LogP contribution in [0.15, 0.2) is 35.8 Å². The Morgan fingerprint density at radius 2 is 2.19 bits per heavy atom. The number of hydrogen-bond donors (Lipinski definition) is 1. The predicted octanol–water partition coefficient (Wildman–Crippen LogP) is 3.30. The quantitative estimate of drug-likeness (QED) is 0.863. The highest BCUT2D eigenvalue weighted by atomic mass is 19.3.